The molecule has 0 radical (unpaired) electrons. The van der Waals surface area contributed by atoms with Crippen molar-refractivity contribution in [2.24, 2.45) is 5.41 Å². The molecule has 0 bridgehead atoms. The van der Waals surface area contributed by atoms with Crippen molar-refractivity contribution in [2.75, 3.05) is 0 Å². The van der Waals surface area contributed by atoms with Crippen molar-refractivity contribution < 1.29 is 71.4 Å². The Kier molecular flexibility index (Phi) is 10.6. The molecule has 0 spiro atoms. The zero-order valence-corrected chi connectivity index (χ0v) is 15.5. The molecule has 0 aliphatic heterocycles. The molecule has 0 aromatic heterocycles. The third-order valence-electron chi connectivity index (χ3n) is 3.06. The molecule has 1 rings (SSSR count). The third-order valence-corrected chi connectivity index (χ3v) is 4.62. The smallest absolute Gasteiger partial charge is 1.00 e. The summed E-state index contributed by atoms with van der Waals surface area (Å²) in [5, 5.41) is 0. The van der Waals surface area contributed by atoms with Gasteiger partial charge in [-0.25, -0.2) is 0 Å². The molecule has 0 amide bonds. The fourth-order valence-corrected chi connectivity index (χ4v) is 2.18. The molecule has 14 heavy (non-hydrogen) atoms. The first-order chi connectivity index (χ1) is 4.89. The van der Waals surface area contributed by atoms with Gasteiger partial charge in [-0.1, -0.05) is 0 Å². The standard InChI is InChI=1S/C10H15.3BrH.Ti/c1-7-6-10(4,5)9(3)8(7)2;;;;/h1-5H3;3*1H;/q;;;;+3/p-3. The molecule has 0 aromatic carbocycles. The quantitative estimate of drug-likeness (QED) is 0.341. The SMILES string of the molecule is CC1=C(C)C(C)(C)[C]([Ti+3])=C1C.[Br-].[Br-].[Br-]. The Balaban J connectivity index is -0.000000403. The molecule has 4 heteroatoms. The van der Waals surface area contributed by atoms with Crippen LogP contribution >= 0.6 is 0 Å². The van der Waals surface area contributed by atoms with Gasteiger partial charge in [0.15, 0.2) is 0 Å². The van der Waals surface area contributed by atoms with Crippen LogP contribution in [0, 0.1) is 5.41 Å². The van der Waals surface area contributed by atoms with Crippen LogP contribution in [0.25, 0.3) is 0 Å². The predicted molar refractivity (Wildman–Crippen MR) is 44.9 cm³/mol. The molecule has 0 aromatic rings. The van der Waals surface area contributed by atoms with Crippen LogP contribution in [-0.4, -0.2) is 0 Å². The van der Waals surface area contributed by atoms with Gasteiger partial charge in [0.25, 0.3) is 0 Å². The summed E-state index contributed by atoms with van der Waals surface area (Å²) in [5.74, 6) is 0. The first kappa shape index (κ1) is 21.0. The van der Waals surface area contributed by atoms with Crippen LogP contribution in [0.5, 0.6) is 0 Å². The summed E-state index contributed by atoms with van der Waals surface area (Å²) in [6.45, 7) is 11.3. The summed E-state index contributed by atoms with van der Waals surface area (Å²) in [4.78, 5) is 0. The summed E-state index contributed by atoms with van der Waals surface area (Å²) in [7, 11) is 0. The van der Waals surface area contributed by atoms with Gasteiger partial charge in [0.05, 0.1) is 0 Å². The van der Waals surface area contributed by atoms with Gasteiger partial charge in [0, 0.05) is 0 Å². The van der Waals surface area contributed by atoms with Crippen LogP contribution in [0.1, 0.15) is 34.6 Å². The van der Waals surface area contributed by atoms with Crippen LogP contribution in [0.4, 0.5) is 0 Å². The summed E-state index contributed by atoms with van der Waals surface area (Å²) in [6, 6.07) is 0. The van der Waals surface area contributed by atoms with Crippen molar-refractivity contribution in [2.45, 2.75) is 34.6 Å². The molecule has 0 saturated heterocycles. The number of halogens is 3. The Morgan fingerprint density at radius 3 is 1.29 bits per heavy atom. The first-order valence-electron chi connectivity index (χ1n) is 4.00. The van der Waals surface area contributed by atoms with Gasteiger partial charge in [-0.15, -0.1) is 0 Å². The van der Waals surface area contributed by atoms with Gasteiger partial charge in [0.2, 0.25) is 0 Å². The summed E-state index contributed by atoms with van der Waals surface area (Å²) >= 11 is 2.25. The minimum Gasteiger partial charge on any atom is -1.00 e. The van der Waals surface area contributed by atoms with Crippen molar-refractivity contribution in [3.8, 4) is 0 Å². The number of allylic oxidation sites excluding steroid dienone is 4. The van der Waals surface area contributed by atoms with E-state index >= 15 is 0 Å². The zero-order chi connectivity index (χ0) is 8.81. The van der Waals surface area contributed by atoms with Crippen LogP contribution in [0.3, 0.4) is 0 Å². The minimum absolute atomic E-state index is 0. The molecule has 0 fully saturated rings. The van der Waals surface area contributed by atoms with Crippen LogP contribution < -0.4 is 50.9 Å². The van der Waals surface area contributed by atoms with Crippen LogP contribution in [0.2, 0.25) is 0 Å². The number of rotatable bonds is 0. The predicted octanol–water partition coefficient (Wildman–Crippen LogP) is -5.80. The normalized spacial score (nSPS) is 18.5. The van der Waals surface area contributed by atoms with Crippen molar-refractivity contribution in [1.82, 2.24) is 0 Å². The van der Waals surface area contributed by atoms with Gasteiger partial charge < -0.3 is 50.9 Å². The van der Waals surface area contributed by atoms with Crippen LogP contribution in [0.15, 0.2) is 20.6 Å². The van der Waals surface area contributed by atoms with E-state index in [1.807, 2.05) is 0 Å². The third kappa shape index (κ3) is 3.31. The molecule has 0 unspecified atom stereocenters. The largest absolute Gasteiger partial charge is 1.00 e. The molecular weight excluding hydrogens is 408 g/mol. The second-order valence-corrected chi connectivity index (χ2v) is 4.66. The Hall–Kier alpha value is 1.63. The van der Waals surface area contributed by atoms with E-state index in [4.69, 9.17) is 0 Å². The molecule has 1 aliphatic rings. The molecule has 0 atom stereocenters. The molecule has 80 valence electrons. The topological polar surface area (TPSA) is 0 Å². The molecule has 1 aliphatic carbocycles. The Morgan fingerprint density at radius 1 is 0.857 bits per heavy atom. The van der Waals surface area contributed by atoms with Crippen molar-refractivity contribution in [3.63, 3.8) is 0 Å². The average Bonchev–Trinajstić information content (AvgIpc) is 2.06. The zero-order valence-electron chi connectivity index (χ0n) is 9.13. The van der Waals surface area contributed by atoms with E-state index < -0.39 is 0 Å². The van der Waals surface area contributed by atoms with Crippen molar-refractivity contribution in [1.29, 1.82) is 0 Å². The monoisotopic (exact) mass is 420 g/mol. The second kappa shape index (κ2) is 7.06. The molecule has 0 nitrogen and oxygen atoms in total. The van der Waals surface area contributed by atoms with Gasteiger partial charge in [-0.05, 0) is 0 Å². The maximum absolute atomic E-state index is 2.30. The van der Waals surface area contributed by atoms with Gasteiger partial charge >= 0.3 is 81.1 Å². The van der Waals surface area contributed by atoms with E-state index in [1.165, 1.54) is 20.6 Å². The van der Waals surface area contributed by atoms with E-state index in [9.17, 15) is 0 Å². The summed E-state index contributed by atoms with van der Waals surface area (Å²) in [5.41, 5.74) is 4.83. The van der Waals surface area contributed by atoms with E-state index in [-0.39, 0.29) is 50.9 Å². The van der Waals surface area contributed by atoms with Gasteiger partial charge in [-0.2, -0.15) is 0 Å². The van der Waals surface area contributed by atoms with Gasteiger partial charge in [0.1, 0.15) is 0 Å². The molecule has 0 saturated carbocycles. The fraction of sp³-hybridized carbons (Fsp3) is 0.600. The van der Waals surface area contributed by atoms with Crippen molar-refractivity contribution in [3.05, 3.63) is 20.6 Å². The summed E-state index contributed by atoms with van der Waals surface area (Å²) < 4.78 is 1.53. The molecular formula is C10H15Br3Ti. The molecule has 0 N–H and O–H groups in total. The van der Waals surface area contributed by atoms with Crippen LogP contribution in [-0.2, 0) is 20.4 Å². The number of hydrogen-bond donors (Lipinski definition) is 0. The Labute approximate surface area is 131 Å². The Bertz CT molecular complexity index is 239. The first-order valence-corrected chi connectivity index (χ1v) is 4.78. The fourth-order valence-electron chi connectivity index (χ4n) is 1.59. The Morgan fingerprint density at radius 2 is 1.21 bits per heavy atom. The van der Waals surface area contributed by atoms with E-state index in [0.29, 0.717) is 5.41 Å². The maximum Gasteiger partial charge on any atom is -1.00 e. The summed E-state index contributed by atoms with van der Waals surface area (Å²) in [6.07, 6.45) is 0. The van der Waals surface area contributed by atoms with E-state index in [0.717, 1.165) is 0 Å². The van der Waals surface area contributed by atoms with Crippen molar-refractivity contribution >= 4 is 0 Å². The van der Waals surface area contributed by atoms with E-state index in [2.05, 4.69) is 55.1 Å². The van der Waals surface area contributed by atoms with Gasteiger partial charge in [-0.3, -0.25) is 0 Å². The molecule has 0 heterocycles. The number of hydrogen-bond acceptors (Lipinski definition) is 0. The maximum atomic E-state index is 2.30. The second-order valence-electron chi connectivity index (χ2n) is 3.88. The minimum atomic E-state index is 0. The van der Waals surface area contributed by atoms with E-state index in [1.54, 1.807) is 0 Å². The average molecular weight is 423 g/mol.